The molecule has 0 bridgehead atoms. The molecule has 1 N–H and O–H groups in total. The van der Waals surface area contributed by atoms with Gasteiger partial charge in [0.15, 0.2) is 11.5 Å². The summed E-state index contributed by atoms with van der Waals surface area (Å²) in [6.07, 6.45) is 1.57. The number of carbonyl (C=O) groups excluding carboxylic acids is 1. The number of esters is 1. The molecule has 2 aromatic carbocycles. The van der Waals surface area contributed by atoms with Crippen LogP contribution in [0.15, 0.2) is 30.3 Å². The number of hydrogen-bond acceptors (Lipinski definition) is 5. The van der Waals surface area contributed by atoms with E-state index in [1.807, 2.05) is 19.9 Å². The number of benzene rings is 2. The first-order valence-corrected chi connectivity index (χ1v) is 11.3. The molecule has 0 radical (unpaired) electrons. The molecule has 0 saturated heterocycles. The van der Waals surface area contributed by atoms with Gasteiger partial charge in [0.2, 0.25) is 6.29 Å². The Kier molecular flexibility index (Phi) is 4.25. The summed E-state index contributed by atoms with van der Waals surface area (Å²) >= 11 is 0. The highest BCUT2D eigenvalue weighted by molar-refractivity contribution is 6.05. The fraction of sp³-hybridized carbons (Fsp3) is 0.346. The van der Waals surface area contributed by atoms with E-state index < -0.39 is 0 Å². The van der Waals surface area contributed by atoms with Crippen molar-refractivity contribution >= 4 is 11.7 Å². The normalized spacial score (nSPS) is 17.4. The van der Waals surface area contributed by atoms with Crippen LogP contribution < -0.4 is 14.8 Å². The van der Waals surface area contributed by atoms with Crippen molar-refractivity contribution in [3.63, 3.8) is 0 Å². The molecule has 1 aromatic heterocycles. The highest BCUT2D eigenvalue weighted by Crippen LogP contribution is 2.47. The van der Waals surface area contributed by atoms with Crippen molar-refractivity contribution in [2.75, 3.05) is 18.5 Å². The van der Waals surface area contributed by atoms with Crippen LogP contribution in [0.2, 0.25) is 0 Å². The van der Waals surface area contributed by atoms with Gasteiger partial charge in [0.25, 0.3) is 0 Å². The molecule has 0 aliphatic carbocycles. The number of nitrogens with zero attached hydrogens (tertiary/aromatic N) is 1. The topological polar surface area (TPSA) is 61.7 Å². The predicted molar refractivity (Wildman–Crippen MR) is 123 cm³/mol. The molecule has 0 saturated carbocycles. The van der Waals surface area contributed by atoms with Gasteiger partial charge in [-0.25, -0.2) is 4.79 Å². The summed E-state index contributed by atoms with van der Waals surface area (Å²) in [5, 5.41) is 3.42. The minimum absolute atomic E-state index is 0.281. The van der Waals surface area contributed by atoms with Crippen molar-refractivity contribution in [2.45, 2.75) is 46.4 Å². The minimum atomic E-state index is -0.303. The van der Waals surface area contributed by atoms with E-state index >= 15 is 0 Å². The van der Waals surface area contributed by atoms with E-state index in [4.69, 9.17) is 14.2 Å². The maximum atomic E-state index is 13.3. The van der Waals surface area contributed by atoms with Gasteiger partial charge in [-0.15, -0.1) is 0 Å². The zero-order valence-electron chi connectivity index (χ0n) is 18.6. The molecule has 0 amide bonds. The Morgan fingerprint density at radius 1 is 1.16 bits per heavy atom. The molecule has 1 unspecified atom stereocenters. The largest absolute Gasteiger partial charge is 0.462 e. The number of fused-ring (bicyclic) bond motifs is 5. The second kappa shape index (κ2) is 7.05. The Balaban J connectivity index is 1.60. The molecular formula is C26H26N2O4. The number of aryl methyl sites for hydroxylation is 1. The Bertz CT molecular complexity index is 1270. The standard InChI is InChI=1S/C26H26N2O4/c1-4-30-26(29)24-23(18-5-6-20-17(11-18)7-9-27-20)14(2)28-10-8-16-12-21-22(32-15(3)31-21)13-19(16)25(24)28/h5-6,11-13,15,27H,4,7-10H2,1-3H3. The first kappa shape index (κ1) is 19.3. The summed E-state index contributed by atoms with van der Waals surface area (Å²) in [7, 11) is 0. The van der Waals surface area contributed by atoms with E-state index in [9.17, 15) is 4.79 Å². The van der Waals surface area contributed by atoms with Crippen molar-refractivity contribution in [3.8, 4) is 33.9 Å². The molecule has 3 aromatic rings. The third kappa shape index (κ3) is 2.75. The molecule has 0 spiro atoms. The van der Waals surface area contributed by atoms with Crippen LogP contribution in [0.3, 0.4) is 0 Å². The maximum Gasteiger partial charge on any atom is 0.340 e. The molecule has 0 fully saturated rings. The summed E-state index contributed by atoms with van der Waals surface area (Å²) in [5.74, 6) is 1.22. The maximum absolute atomic E-state index is 13.3. The fourth-order valence-corrected chi connectivity index (χ4v) is 5.34. The lowest BCUT2D eigenvalue weighted by atomic mass is 9.93. The molecule has 32 heavy (non-hydrogen) atoms. The zero-order valence-corrected chi connectivity index (χ0v) is 18.6. The Morgan fingerprint density at radius 2 is 1.97 bits per heavy atom. The van der Waals surface area contributed by atoms with Crippen molar-refractivity contribution in [1.82, 2.24) is 4.57 Å². The van der Waals surface area contributed by atoms with Gasteiger partial charge in [0.1, 0.15) is 0 Å². The smallest absolute Gasteiger partial charge is 0.340 e. The van der Waals surface area contributed by atoms with Gasteiger partial charge < -0.3 is 24.1 Å². The third-order valence-corrected chi connectivity index (χ3v) is 6.72. The zero-order chi connectivity index (χ0) is 22.0. The third-order valence-electron chi connectivity index (χ3n) is 6.72. The van der Waals surface area contributed by atoms with Crippen LogP contribution in [0.1, 0.15) is 41.0 Å². The Labute approximate surface area is 187 Å². The van der Waals surface area contributed by atoms with Gasteiger partial charge in [0, 0.05) is 42.5 Å². The summed E-state index contributed by atoms with van der Waals surface area (Å²) < 4.78 is 19.5. The highest BCUT2D eigenvalue weighted by atomic mass is 16.7. The Hall–Kier alpha value is -3.41. The molecule has 6 rings (SSSR count). The lowest BCUT2D eigenvalue weighted by Gasteiger charge is -2.22. The highest BCUT2D eigenvalue weighted by Gasteiger charge is 2.33. The number of anilines is 1. The van der Waals surface area contributed by atoms with Crippen molar-refractivity contribution in [1.29, 1.82) is 0 Å². The quantitative estimate of drug-likeness (QED) is 0.596. The average molecular weight is 431 g/mol. The van der Waals surface area contributed by atoms with E-state index in [1.54, 1.807) is 0 Å². The van der Waals surface area contributed by atoms with Crippen molar-refractivity contribution in [2.24, 2.45) is 0 Å². The number of carbonyl (C=O) groups is 1. The summed E-state index contributed by atoms with van der Waals surface area (Å²) in [4.78, 5) is 13.3. The first-order valence-electron chi connectivity index (χ1n) is 11.3. The Morgan fingerprint density at radius 3 is 2.78 bits per heavy atom. The van der Waals surface area contributed by atoms with Crippen LogP contribution in [-0.4, -0.2) is 30.0 Å². The summed E-state index contributed by atoms with van der Waals surface area (Å²) in [6.45, 7) is 7.93. The van der Waals surface area contributed by atoms with Crippen molar-refractivity contribution < 1.29 is 19.0 Å². The van der Waals surface area contributed by atoms with Crippen LogP contribution in [0, 0.1) is 6.92 Å². The molecule has 4 heterocycles. The summed E-state index contributed by atoms with van der Waals surface area (Å²) in [6, 6.07) is 10.5. The number of ether oxygens (including phenoxy) is 3. The van der Waals surface area contributed by atoms with Crippen LogP contribution in [0.4, 0.5) is 5.69 Å². The molecule has 164 valence electrons. The van der Waals surface area contributed by atoms with Crippen molar-refractivity contribution in [3.05, 3.63) is 52.7 Å². The lowest BCUT2D eigenvalue weighted by Crippen LogP contribution is -2.14. The molecule has 6 heteroatoms. The lowest BCUT2D eigenvalue weighted by molar-refractivity contribution is 0.0527. The van der Waals surface area contributed by atoms with Gasteiger partial charge in [-0.05, 0) is 67.6 Å². The summed E-state index contributed by atoms with van der Waals surface area (Å²) in [5.41, 5.74) is 9.34. The SMILES string of the molecule is CCOC(=O)c1c(-c2ccc3c(c2)CCN3)c(C)n2c1-c1cc3c(cc1CC2)OC(C)O3. The molecule has 3 aliphatic heterocycles. The molecule has 1 atom stereocenters. The molecular weight excluding hydrogens is 404 g/mol. The van der Waals surface area contributed by atoms with E-state index in [2.05, 4.69) is 41.1 Å². The number of nitrogens with one attached hydrogen (secondary N) is 1. The average Bonchev–Trinajstić information content (AvgIpc) is 3.46. The van der Waals surface area contributed by atoms with Gasteiger partial charge in [0.05, 0.1) is 17.9 Å². The van der Waals surface area contributed by atoms with Gasteiger partial charge in [-0.2, -0.15) is 0 Å². The van der Waals surface area contributed by atoms with Crippen LogP contribution >= 0.6 is 0 Å². The minimum Gasteiger partial charge on any atom is -0.462 e. The number of rotatable bonds is 3. The molecule has 6 nitrogen and oxygen atoms in total. The van der Waals surface area contributed by atoms with Gasteiger partial charge in [-0.1, -0.05) is 6.07 Å². The molecule has 3 aliphatic rings. The first-order chi connectivity index (χ1) is 15.5. The van der Waals surface area contributed by atoms with E-state index in [1.165, 1.54) is 16.8 Å². The second-order valence-electron chi connectivity index (χ2n) is 8.61. The van der Waals surface area contributed by atoms with E-state index in [0.29, 0.717) is 12.2 Å². The van der Waals surface area contributed by atoms with Crippen LogP contribution in [0.25, 0.3) is 22.4 Å². The van der Waals surface area contributed by atoms with Crippen LogP contribution in [0.5, 0.6) is 11.5 Å². The number of hydrogen-bond donors (Lipinski definition) is 1. The monoisotopic (exact) mass is 430 g/mol. The van der Waals surface area contributed by atoms with E-state index in [-0.39, 0.29) is 12.3 Å². The fourth-order valence-electron chi connectivity index (χ4n) is 5.34. The van der Waals surface area contributed by atoms with E-state index in [0.717, 1.165) is 65.5 Å². The van der Waals surface area contributed by atoms with Gasteiger partial charge in [-0.3, -0.25) is 0 Å². The second-order valence-corrected chi connectivity index (χ2v) is 8.61. The van der Waals surface area contributed by atoms with Gasteiger partial charge >= 0.3 is 5.97 Å². The predicted octanol–water partition coefficient (Wildman–Crippen LogP) is 4.95. The number of aromatic nitrogens is 1. The van der Waals surface area contributed by atoms with Crippen LogP contribution in [-0.2, 0) is 24.1 Å².